The van der Waals surface area contributed by atoms with Crippen molar-refractivity contribution in [2.75, 3.05) is 24.3 Å². The molecule has 2 N–H and O–H groups in total. The Morgan fingerprint density at radius 1 is 1.04 bits per heavy atom. The normalized spacial score (nSPS) is 14.8. The number of carbonyl (C=O) groups excluding carboxylic acids is 1. The van der Waals surface area contributed by atoms with Gasteiger partial charge in [0, 0.05) is 37.7 Å². The van der Waals surface area contributed by atoms with E-state index in [2.05, 4.69) is 32.7 Å². The number of benzene rings is 1. The van der Waals surface area contributed by atoms with Crippen molar-refractivity contribution in [3.05, 3.63) is 48.3 Å². The van der Waals surface area contributed by atoms with Crippen LogP contribution in [0.5, 0.6) is 0 Å². The average molecular weight is 338 g/mol. The van der Waals surface area contributed by atoms with E-state index in [0.29, 0.717) is 11.6 Å². The van der Waals surface area contributed by atoms with Gasteiger partial charge in [-0.25, -0.2) is 0 Å². The average Bonchev–Trinajstić information content (AvgIpc) is 2.63. The highest BCUT2D eigenvalue weighted by Gasteiger charge is 2.17. The number of carbonyl (C=O) groups is 1. The maximum atomic E-state index is 12.5. The van der Waals surface area contributed by atoms with Crippen LogP contribution in [0.25, 0.3) is 0 Å². The molecule has 1 amide bonds. The van der Waals surface area contributed by atoms with Gasteiger partial charge in [-0.3, -0.25) is 9.78 Å². The van der Waals surface area contributed by atoms with Crippen LogP contribution in [0.3, 0.4) is 0 Å². The van der Waals surface area contributed by atoms with E-state index in [1.54, 1.807) is 12.4 Å². The van der Waals surface area contributed by atoms with E-state index in [9.17, 15) is 4.79 Å². The zero-order chi connectivity index (χ0) is 17.6. The standard InChI is InChI=1S/C20H26N4O/c1-24(2)19-10-8-17(9-11-19)22-18-12-15(13-21-14-18)20(25)23-16-6-4-3-5-7-16/h8-14,16,22H,3-7H2,1-2H3,(H,23,25). The van der Waals surface area contributed by atoms with E-state index in [0.717, 1.165) is 29.9 Å². The molecule has 1 aliphatic rings. The molecule has 2 aromatic rings. The molecule has 1 aromatic carbocycles. The Morgan fingerprint density at radius 3 is 2.44 bits per heavy atom. The van der Waals surface area contributed by atoms with Crippen LogP contribution in [0, 0.1) is 0 Å². The van der Waals surface area contributed by atoms with Gasteiger partial charge in [0.05, 0.1) is 17.4 Å². The topological polar surface area (TPSA) is 57.3 Å². The summed E-state index contributed by atoms with van der Waals surface area (Å²) in [6, 6.07) is 10.3. The molecule has 5 nitrogen and oxygen atoms in total. The molecule has 5 heteroatoms. The zero-order valence-corrected chi connectivity index (χ0v) is 15.0. The first-order valence-electron chi connectivity index (χ1n) is 8.92. The first-order valence-corrected chi connectivity index (χ1v) is 8.92. The van der Waals surface area contributed by atoms with Crippen molar-refractivity contribution in [3.63, 3.8) is 0 Å². The number of rotatable bonds is 5. The van der Waals surface area contributed by atoms with Crippen LogP contribution in [-0.4, -0.2) is 31.0 Å². The second kappa shape index (κ2) is 8.01. The van der Waals surface area contributed by atoms with E-state index < -0.39 is 0 Å². The lowest BCUT2D eigenvalue weighted by Gasteiger charge is -2.22. The molecule has 1 aliphatic carbocycles. The third-order valence-electron chi connectivity index (χ3n) is 4.61. The van der Waals surface area contributed by atoms with Gasteiger partial charge in [-0.15, -0.1) is 0 Å². The number of anilines is 3. The molecule has 25 heavy (non-hydrogen) atoms. The van der Waals surface area contributed by atoms with Gasteiger partial charge in [0.15, 0.2) is 0 Å². The van der Waals surface area contributed by atoms with E-state index in [4.69, 9.17) is 0 Å². The molecule has 3 rings (SSSR count). The van der Waals surface area contributed by atoms with Gasteiger partial charge in [-0.05, 0) is 43.2 Å². The summed E-state index contributed by atoms with van der Waals surface area (Å²) in [6.45, 7) is 0. The van der Waals surface area contributed by atoms with Crippen LogP contribution in [0.2, 0.25) is 0 Å². The van der Waals surface area contributed by atoms with Crippen molar-refractivity contribution in [1.82, 2.24) is 10.3 Å². The molecule has 1 fully saturated rings. The molecule has 1 aromatic heterocycles. The van der Waals surface area contributed by atoms with Gasteiger partial charge >= 0.3 is 0 Å². The van der Waals surface area contributed by atoms with Crippen molar-refractivity contribution in [3.8, 4) is 0 Å². The summed E-state index contributed by atoms with van der Waals surface area (Å²) in [6.07, 6.45) is 9.20. The Balaban J connectivity index is 1.65. The number of nitrogens with zero attached hydrogens (tertiary/aromatic N) is 2. The third kappa shape index (κ3) is 4.72. The lowest BCUT2D eigenvalue weighted by molar-refractivity contribution is 0.0927. The summed E-state index contributed by atoms with van der Waals surface area (Å²) < 4.78 is 0. The summed E-state index contributed by atoms with van der Waals surface area (Å²) >= 11 is 0. The van der Waals surface area contributed by atoms with Crippen LogP contribution in [0.4, 0.5) is 17.1 Å². The molecule has 0 atom stereocenters. The molecule has 1 saturated carbocycles. The first-order chi connectivity index (χ1) is 12.1. The van der Waals surface area contributed by atoms with Gasteiger partial charge in [0.2, 0.25) is 0 Å². The van der Waals surface area contributed by atoms with Crippen molar-refractivity contribution < 1.29 is 4.79 Å². The SMILES string of the molecule is CN(C)c1ccc(Nc2cncc(C(=O)NC3CCCCC3)c2)cc1. The lowest BCUT2D eigenvalue weighted by Crippen LogP contribution is -2.36. The number of pyridine rings is 1. The Kier molecular flexibility index (Phi) is 5.53. The second-order valence-corrected chi connectivity index (χ2v) is 6.84. The summed E-state index contributed by atoms with van der Waals surface area (Å²) in [5.41, 5.74) is 3.52. The number of nitrogens with one attached hydrogen (secondary N) is 2. The lowest BCUT2D eigenvalue weighted by atomic mass is 9.95. The number of hydrogen-bond donors (Lipinski definition) is 2. The van der Waals surface area contributed by atoms with Crippen LogP contribution in [0.15, 0.2) is 42.7 Å². The number of amides is 1. The van der Waals surface area contributed by atoms with Crippen LogP contribution in [0.1, 0.15) is 42.5 Å². The van der Waals surface area contributed by atoms with E-state index in [1.807, 2.05) is 32.3 Å². The highest BCUT2D eigenvalue weighted by molar-refractivity contribution is 5.95. The molecule has 0 saturated heterocycles. The Morgan fingerprint density at radius 2 is 1.76 bits per heavy atom. The molecular formula is C20H26N4O. The van der Waals surface area contributed by atoms with E-state index in [1.165, 1.54) is 19.3 Å². The van der Waals surface area contributed by atoms with E-state index >= 15 is 0 Å². The fourth-order valence-electron chi connectivity index (χ4n) is 3.16. The number of hydrogen-bond acceptors (Lipinski definition) is 4. The highest BCUT2D eigenvalue weighted by Crippen LogP contribution is 2.21. The predicted octanol–water partition coefficient (Wildman–Crippen LogP) is 3.95. The predicted molar refractivity (Wildman–Crippen MR) is 103 cm³/mol. The van der Waals surface area contributed by atoms with Crippen molar-refractivity contribution >= 4 is 23.0 Å². The van der Waals surface area contributed by atoms with Crippen LogP contribution < -0.4 is 15.5 Å². The molecule has 132 valence electrons. The monoisotopic (exact) mass is 338 g/mol. The Hall–Kier alpha value is -2.56. The summed E-state index contributed by atoms with van der Waals surface area (Å²) in [4.78, 5) is 18.7. The first kappa shape index (κ1) is 17.3. The minimum Gasteiger partial charge on any atom is -0.378 e. The fraction of sp³-hybridized carbons (Fsp3) is 0.400. The molecule has 0 radical (unpaired) electrons. The van der Waals surface area contributed by atoms with Gasteiger partial charge < -0.3 is 15.5 Å². The van der Waals surface area contributed by atoms with Gasteiger partial charge in [0.1, 0.15) is 0 Å². The molecule has 0 spiro atoms. The van der Waals surface area contributed by atoms with Crippen molar-refractivity contribution in [1.29, 1.82) is 0 Å². The second-order valence-electron chi connectivity index (χ2n) is 6.84. The third-order valence-corrected chi connectivity index (χ3v) is 4.61. The minimum atomic E-state index is -0.0361. The molecular weight excluding hydrogens is 312 g/mol. The quantitative estimate of drug-likeness (QED) is 0.866. The summed E-state index contributed by atoms with van der Waals surface area (Å²) in [5, 5.41) is 6.44. The van der Waals surface area contributed by atoms with Crippen molar-refractivity contribution in [2.45, 2.75) is 38.1 Å². The van der Waals surface area contributed by atoms with Gasteiger partial charge in [-0.2, -0.15) is 0 Å². The molecule has 0 bridgehead atoms. The Bertz CT molecular complexity index is 706. The van der Waals surface area contributed by atoms with Crippen LogP contribution >= 0.6 is 0 Å². The Labute approximate surface area is 149 Å². The summed E-state index contributed by atoms with van der Waals surface area (Å²) in [7, 11) is 4.03. The summed E-state index contributed by atoms with van der Waals surface area (Å²) in [5.74, 6) is -0.0361. The van der Waals surface area contributed by atoms with Gasteiger partial charge in [0.25, 0.3) is 5.91 Å². The zero-order valence-electron chi connectivity index (χ0n) is 15.0. The maximum absolute atomic E-state index is 12.5. The number of aromatic nitrogens is 1. The largest absolute Gasteiger partial charge is 0.378 e. The van der Waals surface area contributed by atoms with Crippen molar-refractivity contribution in [2.24, 2.45) is 0 Å². The van der Waals surface area contributed by atoms with Gasteiger partial charge in [-0.1, -0.05) is 19.3 Å². The minimum absolute atomic E-state index is 0.0361. The maximum Gasteiger partial charge on any atom is 0.253 e. The van der Waals surface area contributed by atoms with E-state index in [-0.39, 0.29) is 5.91 Å². The molecule has 0 aliphatic heterocycles. The molecule has 1 heterocycles. The van der Waals surface area contributed by atoms with Crippen LogP contribution in [-0.2, 0) is 0 Å². The highest BCUT2D eigenvalue weighted by atomic mass is 16.1. The molecule has 0 unspecified atom stereocenters. The smallest absolute Gasteiger partial charge is 0.253 e. The fourth-order valence-corrected chi connectivity index (χ4v) is 3.16.